The second kappa shape index (κ2) is 5.89. The molecule has 110 valence electrons. The largest absolute Gasteiger partial charge is 0.507 e. The molecular formula is C12H11F4NO3. The van der Waals surface area contributed by atoms with E-state index in [1.165, 1.54) is 18.2 Å². The Labute approximate surface area is 111 Å². The highest BCUT2D eigenvalue weighted by Crippen LogP contribution is 2.28. The van der Waals surface area contributed by atoms with Crippen molar-refractivity contribution in [2.45, 2.75) is 25.7 Å². The summed E-state index contributed by atoms with van der Waals surface area (Å²) in [5, 5.41) is 19.9. The van der Waals surface area contributed by atoms with Gasteiger partial charge in [-0.1, -0.05) is 16.8 Å². The molecule has 0 heterocycles. The Morgan fingerprint density at radius 1 is 1.40 bits per heavy atom. The number of oxime groups is 1. The molecule has 0 spiro atoms. The highest BCUT2D eigenvalue weighted by molar-refractivity contribution is 6.12. The fourth-order valence-corrected chi connectivity index (χ4v) is 1.47. The lowest BCUT2D eigenvalue weighted by Gasteiger charge is -2.16. The standard InChI is InChI=1S/C12H11F4NO3/c1-6-2-3-8(18)7(4-6)9(19)5-10(17-20)12(15,16)11(13)14/h2-4,11,18,20H,5H2,1H3/b17-10+. The van der Waals surface area contributed by atoms with Crippen LogP contribution < -0.4 is 0 Å². The molecular weight excluding hydrogens is 282 g/mol. The van der Waals surface area contributed by atoms with Crippen molar-refractivity contribution in [3.8, 4) is 5.75 Å². The van der Waals surface area contributed by atoms with Crippen LogP contribution in [-0.4, -0.2) is 34.2 Å². The maximum absolute atomic E-state index is 13.0. The minimum atomic E-state index is -4.72. The zero-order valence-electron chi connectivity index (χ0n) is 10.3. The average molecular weight is 293 g/mol. The van der Waals surface area contributed by atoms with Gasteiger partial charge in [0, 0.05) is 0 Å². The summed E-state index contributed by atoms with van der Waals surface area (Å²) < 4.78 is 50.3. The molecule has 0 aliphatic carbocycles. The monoisotopic (exact) mass is 293 g/mol. The molecule has 0 atom stereocenters. The van der Waals surface area contributed by atoms with Crippen LogP contribution in [0, 0.1) is 6.92 Å². The minimum absolute atomic E-state index is 0.309. The van der Waals surface area contributed by atoms with Crippen LogP contribution in [0.15, 0.2) is 23.4 Å². The highest BCUT2D eigenvalue weighted by Gasteiger charge is 2.47. The molecule has 4 nitrogen and oxygen atoms in total. The van der Waals surface area contributed by atoms with E-state index in [9.17, 15) is 27.5 Å². The molecule has 0 amide bonds. The SMILES string of the molecule is Cc1ccc(O)c(C(=O)C/C(=N\O)C(F)(F)C(F)F)c1. The van der Waals surface area contributed by atoms with Crippen LogP contribution in [0.25, 0.3) is 0 Å². The van der Waals surface area contributed by atoms with Gasteiger partial charge in [0.2, 0.25) is 0 Å². The number of Topliss-reactive ketones (excluding diaryl/α,β-unsaturated/α-hetero) is 1. The second-order valence-corrected chi connectivity index (χ2v) is 4.09. The maximum atomic E-state index is 13.0. The molecule has 0 aromatic heterocycles. The first kappa shape index (κ1) is 15.9. The molecule has 1 rings (SSSR count). The number of hydrogen-bond donors (Lipinski definition) is 2. The quantitative estimate of drug-likeness (QED) is 0.288. The number of aromatic hydroxyl groups is 1. The van der Waals surface area contributed by atoms with Crippen molar-refractivity contribution in [2.24, 2.45) is 5.16 Å². The van der Waals surface area contributed by atoms with E-state index in [0.717, 1.165) is 0 Å². The van der Waals surface area contributed by atoms with Gasteiger partial charge in [-0.15, -0.1) is 0 Å². The Hall–Kier alpha value is -2.12. The van der Waals surface area contributed by atoms with Crippen molar-refractivity contribution in [2.75, 3.05) is 0 Å². The molecule has 20 heavy (non-hydrogen) atoms. The molecule has 0 bridgehead atoms. The summed E-state index contributed by atoms with van der Waals surface area (Å²) in [6, 6.07) is 3.86. The number of carbonyl (C=O) groups is 1. The zero-order valence-corrected chi connectivity index (χ0v) is 10.3. The number of alkyl halides is 4. The fraction of sp³-hybridized carbons (Fsp3) is 0.333. The molecule has 0 fully saturated rings. The molecule has 0 saturated heterocycles. The van der Waals surface area contributed by atoms with Gasteiger partial charge in [0.1, 0.15) is 11.5 Å². The molecule has 0 aliphatic rings. The van der Waals surface area contributed by atoms with Crippen LogP contribution in [0.2, 0.25) is 0 Å². The summed E-state index contributed by atoms with van der Waals surface area (Å²) in [6.07, 6.45) is -5.34. The normalized spacial score (nSPS) is 12.8. The third kappa shape index (κ3) is 3.25. The van der Waals surface area contributed by atoms with E-state index in [2.05, 4.69) is 5.16 Å². The van der Waals surface area contributed by atoms with Gasteiger partial charge in [-0.25, -0.2) is 8.78 Å². The third-order valence-corrected chi connectivity index (χ3v) is 2.56. The van der Waals surface area contributed by atoms with Crippen molar-refractivity contribution >= 4 is 11.5 Å². The number of phenolic OH excluding ortho intramolecular Hbond substituents is 1. The van der Waals surface area contributed by atoms with Crippen molar-refractivity contribution in [3.05, 3.63) is 29.3 Å². The number of hydrogen-bond acceptors (Lipinski definition) is 4. The average Bonchev–Trinajstić information content (AvgIpc) is 2.37. The second-order valence-electron chi connectivity index (χ2n) is 4.09. The molecule has 0 radical (unpaired) electrons. The maximum Gasteiger partial charge on any atom is 0.348 e. The number of carbonyl (C=O) groups excluding carboxylic acids is 1. The van der Waals surface area contributed by atoms with Crippen LogP contribution in [0.1, 0.15) is 22.3 Å². The smallest absolute Gasteiger partial charge is 0.348 e. The van der Waals surface area contributed by atoms with E-state index in [1.54, 1.807) is 6.92 Å². The molecule has 1 aromatic rings. The predicted octanol–water partition coefficient (Wildman–Crippen LogP) is 3.00. The van der Waals surface area contributed by atoms with Gasteiger partial charge in [0.25, 0.3) is 0 Å². The van der Waals surface area contributed by atoms with E-state index in [-0.39, 0.29) is 5.56 Å². The van der Waals surface area contributed by atoms with Gasteiger partial charge < -0.3 is 10.3 Å². The number of aryl methyl sites for hydroxylation is 1. The first-order chi connectivity index (χ1) is 9.20. The summed E-state index contributed by atoms with van der Waals surface area (Å²) in [7, 11) is 0. The van der Waals surface area contributed by atoms with Gasteiger partial charge in [-0.05, 0) is 19.1 Å². The van der Waals surface area contributed by atoms with Gasteiger partial charge >= 0.3 is 12.3 Å². The van der Waals surface area contributed by atoms with Gasteiger partial charge in [0.05, 0.1) is 12.0 Å². The number of ketones is 1. The Balaban J connectivity index is 3.03. The lowest BCUT2D eigenvalue weighted by atomic mass is 10.00. The predicted molar refractivity (Wildman–Crippen MR) is 62.0 cm³/mol. The van der Waals surface area contributed by atoms with Crippen molar-refractivity contribution in [1.82, 2.24) is 0 Å². The molecule has 0 aliphatic heterocycles. The van der Waals surface area contributed by atoms with Crippen LogP contribution in [0.4, 0.5) is 17.6 Å². The van der Waals surface area contributed by atoms with Crippen LogP contribution in [0.5, 0.6) is 5.75 Å². The third-order valence-electron chi connectivity index (χ3n) is 2.56. The van der Waals surface area contributed by atoms with E-state index in [1.807, 2.05) is 0 Å². The number of nitrogens with zero attached hydrogens (tertiary/aromatic N) is 1. The Bertz CT molecular complexity index is 544. The van der Waals surface area contributed by atoms with E-state index in [0.29, 0.717) is 5.56 Å². The van der Waals surface area contributed by atoms with Crippen molar-refractivity contribution < 1.29 is 32.7 Å². The number of halogens is 4. The zero-order chi connectivity index (χ0) is 15.5. The lowest BCUT2D eigenvalue weighted by Crippen LogP contribution is -2.38. The van der Waals surface area contributed by atoms with E-state index in [4.69, 9.17) is 5.21 Å². The Kier molecular flexibility index (Phi) is 4.69. The molecule has 2 N–H and O–H groups in total. The first-order valence-electron chi connectivity index (χ1n) is 5.40. The Morgan fingerprint density at radius 2 is 2.00 bits per heavy atom. The fourth-order valence-electron chi connectivity index (χ4n) is 1.47. The van der Waals surface area contributed by atoms with Crippen LogP contribution >= 0.6 is 0 Å². The number of phenols is 1. The van der Waals surface area contributed by atoms with Gasteiger partial charge in [-0.3, -0.25) is 4.79 Å². The minimum Gasteiger partial charge on any atom is -0.507 e. The van der Waals surface area contributed by atoms with Gasteiger partial charge in [0.15, 0.2) is 5.78 Å². The van der Waals surface area contributed by atoms with Crippen LogP contribution in [0.3, 0.4) is 0 Å². The summed E-state index contributed by atoms with van der Waals surface area (Å²) in [6.45, 7) is 1.59. The van der Waals surface area contributed by atoms with Crippen LogP contribution in [-0.2, 0) is 0 Å². The van der Waals surface area contributed by atoms with Gasteiger partial charge in [-0.2, -0.15) is 8.78 Å². The van der Waals surface area contributed by atoms with E-state index < -0.39 is 36.0 Å². The summed E-state index contributed by atoms with van der Waals surface area (Å²) in [5.74, 6) is -6.25. The first-order valence-corrected chi connectivity index (χ1v) is 5.40. The van der Waals surface area contributed by atoms with Crippen molar-refractivity contribution in [1.29, 1.82) is 0 Å². The molecule has 0 unspecified atom stereocenters. The number of rotatable bonds is 5. The Morgan fingerprint density at radius 3 is 2.50 bits per heavy atom. The molecule has 1 aromatic carbocycles. The topological polar surface area (TPSA) is 69.9 Å². The summed E-state index contributed by atoms with van der Waals surface area (Å²) >= 11 is 0. The highest BCUT2D eigenvalue weighted by atomic mass is 19.3. The lowest BCUT2D eigenvalue weighted by molar-refractivity contribution is -0.0774. The number of benzene rings is 1. The van der Waals surface area contributed by atoms with Crippen molar-refractivity contribution in [3.63, 3.8) is 0 Å². The summed E-state index contributed by atoms with van der Waals surface area (Å²) in [4.78, 5) is 11.7. The van der Waals surface area contributed by atoms with E-state index >= 15 is 0 Å². The molecule has 8 heteroatoms. The summed E-state index contributed by atoms with van der Waals surface area (Å²) in [5.41, 5.74) is -1.40. The molecule has 0 saturated carbocycles.